The molecule has 1 aliphatic carbocycles. The normalized spacial score (nSPS) is 18.7. The Balaban J connectivity index is 2.04. The van der Waals surface area contributed by atoms with E-state index >= 15 is 0 Å². The number of benzene rings is 1. The molecule has 0 amide bonds. The molecule has 0 spiro atoms. The summed E-state index contributed by atoms with van der Waals surface area (Å²) in [4.78, 5) is 0. The van der Waals surface area contributed by atoms with Crippen molar-refractivity contribution in [2.75, 3.05) is 6.61 Å². The van der Waals surface area contributed by atoms with Crippen LogP contribution in [0.1, 0.15) is 36.8 Å². The number of rotatable bonds is 3. The van der Waals surface area contributed by atoms with Crippen molar-refractivity contribution in [1.29, 1.82) is 0 Å². The van der Waals surface area contributed by atoms with Crippen LogP contribution in [0.15, 0.2) is 18.2 Å². The Hall–Kier alpha value is -1.02. The highest BCUT2D eigenvalue weighted by Crippen LogP contribution is 2.29. The van der Waals surface area contributed by atoms with Gasteiger partial charge in [0.05, 0.1) is 5.54 Å². The summed E-state index contributed by atoms with van der Waals surface area (Å²) in [6.07, 6.45) is 4.68. The fourth-order valence-corrected chi connectivity index (χ4v) is 2.47. The van der Waals surface area contributed by atoms with Crippen molar-refractivity contribution in [2.45, 2.75) is 45.1 Å². The number of aryl methyl sites for hydroxylation is 2. The maximum absolute atomic E-state index is 6.28. The predicted molar refractivity (Wildman–Crippen MR) is 66.8 cm³/mol. The van der Waals surface area contributed by atoms with Crippen molar-refractivity contribution in [2.24, 2.45) is 5.73 Å². The van der Waals surface area contributed by atoms with E-state index in [1.54, 1.807) is 0 Å². The molecule has 1 aromatic rings. The molecule has 0 aliphatic heterocycles. The number of nitrogens with two attached hydrogens (primary N) is 1. The molecule has 0 radical (unpaired) electrons. The molecule has 0 aromatic heterocycles. The zero-order chi connectivity index (χ0) is 11.6. The first-order chi connectivity index (χ1) is 7.61. The summed E-state index contributed by atoms with van der Waals surface area (Å²) in [5.74, 6) is 1.01. The highest BCUT2D eigenvalue weighted by atomic mass is 16.5. The predicted octanol–water partition coefficient (Wildman–Crippen LogP) is 2.95. The second kappa shape index (κ2) is 4.46. The number of hydrogen-bond acceptors (Lipinski definition) is 2. The lowest BCUT2D eigenvalue weighted by Crippen LogP contribution is -2.42. The minimum absolute atomic E-state index is 0.0886. The Morgan fingerprint density at radius 1 is 1.19 bits per heavy atom. The summed E-state index contributed by atoms with van der Waals surface area (Å²) >= 11 is 0. The summed E-state index contributed by atoms with van der Waals surface area (Å²) in [5, 5.41) is 0. The molecule has 1 fully saturated rings. The Kier molecular flexibility index (Phi) is 3.20. The molecule has 1 saturated carbocycles. The monoisotopic (exact) mass is 219 g/mol. The Morgan fingerprint density at radius 2 is 1.75 bits per heavy atom. The molecule has 2 heteroatoms. The van der Waals surface area contributed by atoms with E-state index in [0.717, 1.165) is 18.6 Å². The van der Waals surface area contributed by atoms with E-state index in [1.165, 1.54) is 24.0 Å². The van der Waals surface area contributed by atoms with E-state index in [-0.39, 0.29) is 5.54 Å². The molecule has 1 aliphatic rings. The molecule has 2 nitrogen and oxygen atoms in total. The molecule has 0 saturated heterocycles. The quantitative estimate of drug-likeness (QED) is 0.848. The smallest absolute Gasteiger partial charge is 0.125 e. The largest absolute Gasteiger partial charge is 0.491 e. The zero-order valence-corrected chi connectivity index (χ0v) is 10.3. The molecule has 88 valence electrons. The molecule has 0 atom stereocenters. The first-order valence-electron chi connectivity index (χ1n) is 6.09. The first-order valence-corrected chi connectivity index (χ1v) is 6.09. The topological polar surface area (TPSA) is 35.2 Å². The van der Waals surface area contributed by atoms with Gasteiger partial charge in [-0.15, -0.1) is 0 Å². The van der Waals surface area contributed by atoms with Crippen LogP contribution < -0.4 is 10.5 Å². The van der Waals surface area contributed by atoms with Crippen LogP contribution in [-0.4, -0.2) is 12.1 Å². The van der Waals surface area contributed by atoms with E-state index in [2.05, 4.69) is 32.0 Å². The lowest BCUT2D eigenvalue weighted by molar-refractivity contribution is 0.218. The molecule has 1 aromatic carbocycles. The van der Waals surface area contributed by atoms with Crippen molar-refractivity contribution in [1.82, 2.24) is 0 Å². The molecule has 16 heavy (non-hydrogen) atoms. The maximum Gasteiger partial charge on any atom is 0.125 e. The van der Waals surface area contributed by atoms with Crippen LogP contribution in [0.5, 0.6) is 5.75 Å². The lowest BCUT2D eigenvalue weighted by Gasteiger charge is -2.24. The van der Waals surface area contributed by atoms with E-state index in [9.17, 15) is 0 Å². The Labute approximate surface area is 97.8 Å². The molecular weight excluding hydrogens is 198 g/mol. The highest BCUT2D eigenvalue weighted by molar-refractivity contribution is 5.39. The summed E-state index contributed by atoms with van der Waals surface area (Å²) in [7, 11) is 0. The average Bonchev–Trinajstić information content (AvgIpc) is 2.65. The molecule has 2 N–H and O–H groups in total. The van der Waals surface area contributed by atoms with Gasteiger partial charge in [-0.25, -0.2) is 0 Å². The lowest BCUT2D eigenvalue weighted by atomic mass is 10.0. The van der Waals surface area contributed by atoms with Gasteiger partial charge in [0.25, 0.3) is 0 Å². The highest BCUT2D eigenvalue weighted by Gasteiger charge is 2.30. The van der Waals surface area contributed by atoms with Crippen LogP contribution in [0.3, 0.4) is 0 Å². The van der Waals surface area contributed by atoms with E-state index in [1.807, 2.05) is 0 Å². The number of ether oxygens (including phenoxy) is 1. The molecular formula is C14H21NO. The Bertz CT molecular complexity index is 347. The SMILES string of the molecule is Cc1cccc(C)c1OCC1(N)CCCC1. The standard InChI is InChI=1S/C14H21NO/c1-11-6-5-7-12(2)13(11)16-10-14(15)8-3-4-9-14/h5-7H,3-4,8-10,15H2,1-2H3. The fourth-order valence-electron chi connectivity index (χ4n) is 2.47. The fraction of sp³-hybridized carbons (Fsp3) is 0.571. The average molecular weight is 219 g/mol. The van der Waals surface area contributed by atoms with E-state index < -0.39 is 0 Å². The van der Waals surface area contributed by atoms with Crippen molar-refractivity contribution in [3.8, 4) is 5.75 Å². The van der Waals surface area contributed by atoms with Gasteiger partial charge in [0.2, 0.25) is 0 Å². The Morgan fingerprint density at radius 3 is 2.31 bits per heavy atom. The van der Waals surface area contributed by atoms with Gasteiger partial charge in [-0.1, -0.05) is 31.0 Å². The molecule has 0 unspecified atom stereocenters. The summed E-state index contributed by atoms with van der Waals surface area (Å²) in [6, 6.07) is 6.23. The summed E-state index contributed by atoms with van der Waals surface area (Å²) in [6.45, 7) is 4.82. The van der Waals surface area contributed by atoms with Gasteiger partial charge in [0, 0.05) is 0 Å². The minimum Gasteiger partial charge on any atom is -0.491 e. The zero-order valence-electron chi connectivity index (χ0n) is 10.3. The van der Waals surface area contributed by atoms with Crippen LogP contribution in [0.25, 0.3) is 0 Å². The second-order valence-corrected chi connectivity index (χ2v) is 5.08. The van der Waals surface area contributed by atoms with Crippen LogP contribution in [0.2, 0.25) is 0 Å². The third kappa shape index (κ3) is 2.38. The molecule has 0 bridgehead atoms. The van der Waals surface area contributed by atoms with Crippen LogP contribution in [-0.2, 0) is 0 Å². The molecule has 2 rings (SSSR count). The second-order valence-electron chi connectivity index (χ2n) is 5.08. The van der Waals surface area contributed by atoms with Crippen LogP contribution in [0.4, 0.5) is 0 Å². The number of para-hydroxylation sites is 1. The van der Waals surface area contributed by atoms with Gasteiger partial charge >= 0.3 is 0 Å². The van der Waals surface area contributed by atoms with E-state index in [4.69, 9.17) is 10.5 Å². The van der Waals surface area contributed by atoms with Gasteiger partial charge < -0.3 is 10.5 Å². The maximum atomic E-state index is 6.28. The van der Waals surface area contributed by atoms with Gasteiger partial charge in [-0.2, -0.15) is 0 Å². The summed E-state index contributed by atoms with van der Waals surface area (Å²) < 4.78 is 5.93. The first kappa shape index (κ1) is 11.5. The third-order valence-corrected chi connectivity index (χ3v) is 3.51. The molecule has 0 heterocycles. The van der Waals surface area contributed by atoms with Gasteiger partial charge in [0.1, 0.15) is 12.4 Å². The van der Waals surface area contributed by atoms with Crippen molar-refractivity contribution < 1.29 is 4.74 Å². The van der Waals surface area contributed by atoms with Crippen LogP contribution >= 0.6 is 0 Å². The van der Waals surface area contributed by atoms with Crippen molar-refractivity contribution >= 4 is 0 Å². The van der Waals surface area contributed by atoms with Crippen molar-refractivity contribution in [3.63, 3.8) is 0 Å². The summed E-state index contributed by atoms with van der Waals surface area (Å²) in [5.41, 5.74) is 8.59. The van der Waals surface area contributed by atoms with E-state index in [0.29, 0.717) is 6.61 Å². The minimum atomic E-state index is -0.0886. The van der Waals surface area contributed by atoms with Gasteiger partial charge in [-0.3, -0.25) is 0 Å². The number of hydrogen-bond donors (Lipinski definition) is 1. The van der Waals surface area contributed by atoms with Gasteiger partial charge in [-0.05, 0) is 37.8 Å². The van der Waals surface area contributed by atoms with Gasteiger partial charge in [0.15, 0.2) is 0 Å². The third-order valence-electron chi connectivity index (χ3n) is 3.51. The van der Waals surface area contributed by atoms with Crippen LogP contribution in [0, 0.1) is 13.8 Å². The van der Waals surface area contributed by atoms with Crippen molar-refractivity contribution in [3.05, 3.63) is 29.3 Å².